The van der Waals surface area contributed by atoms with Crippen LogP contribution in [0.4, 0.5) is 27.9 Å². The minimum atomic E-state index is -0.540. The molecule has 2 aliphatic rings. The molecule has 2 fully saturated rings. The van der Waals surface area contributed by atoms with E-state index < -0.39 is 5.60 Å². The van der Waals surface area contributed by atoms with Crippen LogP contribution in [-0.2, 0) is 11.3 Å². The zero-order valence-electron chi connectivity index (χ0n) is 26.2. The molecule has 4 aromatic rings. The van der Waals surface area contributed by atoms with E-state index in [2.05, 4.69) is 68.4 Å². The molecule has 0 radical (unpaired) electrons. The first-order chi connectivity index (χ1) is 21.2. The second kappa shape index (κ2) is 12.7. The molecule has 2 aliphatic heterocycles. The van der Waals surface area contributed by atoms with Crippen LogP contribution < -0.4 is 15.5 Å². The second-order valence-corrected chi connectivity index (χ2v) is 12.7. The van der Waals surface area contributed by atoms with Gasteiger partial charge in [0, 0.05) is 57.2 Å². The summed E-state index contributed by atoms with van der Waals surface area (Å²) in [6.07, 6.45) is 3.33. The fraction of sp³-hybridized carbons (Fsp3) is 0.455. The summed E-state index contributed by atoms with van der Waals surface area (Å²) in [5.41, 5.74) is 4.16. The van der Waals surface area contributed by atoms with Crippen molar-refractivity contribution in [2.75, 3.05) is 61.8 Å². The van der Waals surface area contributed by atoms with Gasteiger partial charge >= 0.3 is 6.09 Å². The van der Waals surface area contributed by atoms with Gasteiger partial charge in [0.15, 0.2) is 17.0 Å². The van der Waals surface area contributed by atoms with E-state index in [4.69, 9.17) is 19.7 Å². The van der Waals surface area contributed by atoms with Gasteiger partial charge in [-0.25, -0.2) is 9.78 Å². The molecule has 1 atom stereocenters. The summed E-state index contributed by atoms with van der Waals surface area (Å²) < 4.78 is 7.76. The summed E-state index contributed by atoms with van der Waals surface area (Å²) in [6.45, 7) is 11.7. The van der Waals surface area contributed by atoms with Gasteiger partial charge in [-0.15, -0.1) is 0 Å². The van der Waals surface area contributed by atoms with Crippen LogP contribution in [-0.4, -0.2) is 87.3 Å². The van der Waals surface area contributed by atoms with E-state index >= 15 is 0 Å². The van der Waals surface area contributed by atoms with Gasteiger partial charge in [0.05, 0.1) is 12.4 Å². The SMILES string of the molecule is CN1CCN(c2ccc(Nc3nc(NCc4ccccc4)c4ncn(C5CCCN(C(=O)OC(C)(C)C)C5)c4n3)cc2)CC1. The fourth-order valence-electron chi connectivity index (χ4n) is 5.77. The molecule has 2 aromatic carbocycles. The Morgan fingerprint density at radius 1 is 0.977 bits per heavy atom. The van der Waals surface area contributed by atoms with Crippen LogP contribution in [0.2, 0.25) is 0 Å². The number of rotatable bonds is 7. The molecule has 232 valence electrons. The molecule has 44 heavy (non-hydrogen) atoms. The number of aromatic nitrogens is 4. The third-order valence-corrected chi connectivity index (χ3v) is 8.16. The standard InChI is InChI=1S/C33H43N9O2/c1-33(2,3)44-32(43)41-16-8-11-27(22-41)42-23-35-28-29(34-21-24-9-6-5-7-10-24)37-31(38-30(28)42)36-25-12-14-26(15-13-25)40-19-17-39(4)18-20-40/h5-7,9-10,12-15,23,27H,8,11,16-22H2,1-4H3,(H2,34,36,37,38). The first-order valence-electron chi connectivity index (χ1n) is 15.5. The lowest BCUT2D eigenvalue weighted by molar-refractivity contribution is 0.0174. The van der Waals surface area contributed by atoms with Crippen LogP contribution in [0.25, 0.3) is 11.2 Å². The molecule has 1 amide bonds. The Morgan fingerprint density at radius 2 is 1.73 bits per heavy atom. The van der Waals surface area contributed by atoms with Gasteiger partial charge in [0.25, 0.3) is 0 Å². The van der Waals surface area contributed by atoms with Crippen molar-refractivity contribution >= 4 is 40.4 Å². The minimum Gasteiger partial charge on any atom is -0.444 e. The third kappa shape index (κ3) is 7.05. The number of nitrogens with one attached hydrogen (secondary N) is 2. The number of nitrogens with zero attached hydrogens (tertiary/aromatic N) is 7. The quantitative estimate of drug-likeness (QED) is 0.286. The van der Waals surface area contributed by atoms with Gasteiger partial charge < -0.3 is 34.6 Å². The lowest BCUT2D eigenvalue weighted by Gasteiger charge is -2.34. The van der Waals surface area contributed by atoms with Crippen molar-refractivity contribution < 1.29 is 9.53 Å². The lowest BCUT2D eigenvalue weighted by Crippen LogP contribution is -2.44. The Hall–Kier alpha value is -4.38. The maximum Gasteiger partial charge on any atom is 0.410 e. The van der Waals surface area contributed by atoms with Crippen LogP contribution in [0, 0.1) is 0 Å². The zero-order chi connectivity index (χ0) is 30.7. The summed E-state index contributed by atoms with van der Waals surface area (Å²) in [6, 6.07) is 18.7. The molecule has 6 rings (SSSR count). The fourth-order valence-corrected chi connectivity index (χ4v) is 5.77. The molecular formula is C33H43N9O2. The highest BCUT2D eigenvalue weighted by atomic mass is 16.6. The summed E-state index contributed by atoms with van der Waals surface area (Å²) in [5, 5.41) is 6.92. The van der Waals surface area contributed by atoms with E-state index in [9.17, 15) is 4.79 Å². The number of benzene rings is 2. The van der Waals surface area contributed by atoms with Crippen molar-refractivity contribution in [1.29, 1.82) is 0 Å². The molecule has 0 bridgehead atoms. The molecule has 0 saturated carbocycles. The molecule has 2 saturated heterocycles. The predicted octanol–water partition coefficient (Wildman–Crippen LogP) is 5.51. The van der Waals surface area contributed by atoms with Gasteiger partial charge in [-0.05, 0) is 70.5 Å². The number of carbonyl (C=O) groups excluding carboxylic acids is 1. The maximum atomic E-state index is 12.9. The van der Waals surface area contributed by atoms with E-state index in [-0.39, 0.29) is 12.1 Å². The Labute approximate surface area is 259 Å². The van der Waals surface area contributed by atoms with Crippen LogP contribution >= 0.6 is 0 Å². The summed E-state index contributed by atoms with van der Waals surface area (Å²) in [5.74, 6) is 1.15. The van der Waals surface area contributed by atoms with Gasteiger partial charge in [-0.2, -0.15) is 9.97 Å². The lowest BCUT2D eigenvalue weighted by atomic mass is 10.1. The first kappa shape index (κ1) is 29.7. The monoisotopic (exact) mass is 597 g/mol. The highest BCUT2D eigenvalue weighted by Crippen LogP contribution is 2.30. The van der Waals surface area contributed by atoms with E-state index in [0.717, 1.165) is 55.9 Å². The number of hydrogen-bond acceptors (Lipinski definition) is 9. The highest BCUT2D eigenvalue weighted by Gasteiger charge is 2.30. The van der Waals surface area contributed by atoms with Crippen molar-refractivity contribution in [3.8, 4) is 0 Å². The number of ether oxygens (including phenoxy) is 1. The van der Waals surface area contributed by atoms with E-state index in [0.29, 0.717) is 36.9 Å². The van der Waals surface area contributed by atoms with Gasteiger partial charge in [-0.3, -0.25) is 0 Å². The largest absolute Gasteiger partial charge is 0.444 e. The van der Waals surface area contributed by atoms with Crippen molar-refractivity contribution in [3.05, 3.63) is 66.5 Å². The molecule has 11 nitrogen and oxygen atoms in total. The van der Waals surface area contributed by atoms with Gasteiger partial charge in [0.2, 0.25) is 5.95 Å². The summed E-state index contributed by atoms with van der Waals surface area (Å²) in [7, 11) is 2.17. The summed E-state index contributed by atoms with van der Waals surface area (Å²) in [4.78, 5) is 34.0. The minimum absolute atomic E-state index is 0.0221. The van der Waals surface area contributed by atoms with Crippen molar-refractivity contribution in [2.45, 2.75) is 51.8 Å². The smallest absolute Gasteiger partial charge is 0.410 e. The van der Waals surface area contributed by atoms with Crippen LogP contribution in [0.1, 0.15) is 45.2 Å². The maximum absolute atomic E-state index is 12.9. The molecule has 2 N–H and O–H groups in total. The first-order valence-corrected chi connectivity index (χ1v) is 15.5. The number of fused-ring (bicyclic) bond motifs is 1. The van der Waals surface area contributed by atoms with Crippen molar-refractivity contribution in [1.82, 2.24) is 29.3 Å². The number of piperazine rings is 1. The molecule has 0 aliphatic carbocycles. The highest BCUT2D eigenvalue weighted by molar-refractivity contribution is 5.85. The van der Waals surface area contributed by atoms with Gasteiger partial charge in [0.1, 0.15) is 5.60 Å². The number of anilines is 4. The Kier molecular flexibility index (Phi) is 8.56. The number of likely N-dealkylation sites (tertiary alicyclic amines) is 1. The van der Waals surface area contributed by atoms with Crippen LogP contribution in [0.5, 0.6) is 0 Å². The van der Waals surface area contributed by atoms with Crippen molar-refractivity contribution in [2.24, 2.45) is 0 Å². The Bertz CT molecular complexity index is 1560. The third-order valence-electron chi connectivity index (χ3n) is 8.16. The molecule has 2 aromatic heterocycles. The van der Waals surface area contributed by atoms with Crippen LogP contribution in [0.3, 0.4) is 0 Å². The van der Waals surface area contributed by atoms with E-state index in [1.807, 2.05) is 45.3 Å². The number of imidazole rings is 1. The molecule has 1 unspecified atom stereocenters. The Balaban J connectivity index is 1.27. The topological polar surface area (TPSA) is 104 Å². The molecule has 11 heteroatoms. The average Bonchev–Trinajstić information content (AvgIpc) is 3.45. The van der Waals surface area contributed by atoms with E-state index in [1.54, 1.807) is 4.90 Å². The van der Waals surface area contributed by atoms with Gasteiger partial charge in [-0.1, -0.05) is 30.3 Å². The second-order valence-electron chi connectivity index (χ2n) is 12.7. The average molecular weight is 598 g/mol. The predicted molar refractivity (Wildman–Crippen MR) is 175 cm³/mol. The molecule has 0 spiro atoms. The van der Waals surface area contributed by atoms with Crippen LogP contribution in [0.15, 0.2) is 60.9 Å². The molecular weight excluding hydrogens is 554 g/mol. The number of hydrogen-bond donors (Lipinski definition) is 2. The normalized spacial score (nSPS) is 18.0. The number of amides is 1. The number of piperidine rings is 1. The zero-order valence-corrected chi connectivity index (χ0v) is 26.2. The molecule has 4 heterocycles. The number of carbonyl (C=O) groups is 1. The van der Waals surface area contributed by atoms with Crippen molar-refractivity contribution in [3.63, 3.8) is 0 Å². The van der Waals surface area contributed by atoms with E-state index in [1.165, 1.54) is 5.69 Å². The Morgan fingerprint density at radius 3 is 2.45 bits per heavy atom. The summed E-state index contributed by atoms with van der Waals surface area (Å²) >= 11 is 0. The number of likely N-dealkylation sites (N-methyl/N-ethyl adjacent to an activating group) is 1.